The van der Waals surface area contributed by atoms with Crippen molar-refractivity contribution in [2.75, 3.05) is 13.1 Å². The van der Waals surface area contributed by atoms with Crippen LogP contribution in [0.3, 0.4) is 0 Å². The van der Waals surface area contributed by atoms with Crippen LogP contribution in [-0.4, -0.2) is 28.3 Å². The van der Waals surface area contributed by atoms with Crippen molar-refractivity contribution in [2.24, 2.45) is 0 Å². The van der Waals surface area contributed by atoms with Crippen molar-refractivity contribution < 1.29 is 4.74 Å². The predicted octanol–water partition coefficient (Wildman–Crippen LogP) is 1.20. The van der Waals surface area contributed by atoms with Crippen LogP contribution in [0, 0.1) is 0 Å². The number of nitrogens with one attached hydrogen (secondary N) is 1. The van der Waals surface area contributed by atoms with Crippen molar-refractivity contribution in [1.29, 1.82) is 0 Å². The van der Waals surface area contributed by atoms with Crippen molar-refractivity contribution in [3.63, 3.8) is 0 Å². The van der Waals surface area contributed by atoms with E-state index in [1.807, 2.05) is 0 Å². The zero-order chi connectivity index (χ0) is 9.86. The molecule has 1 saturated heterocycles. The van der Waals surface area contributed by atoms with Gasteiger partial charge in [0, 0.05) is 0 Å². The van der Waals surface area contributed by atoms with Crippen LogP contribution in [0.15, 0.2) is 6.20 Å². The molecule has 0 radical (unpaired) electrons. The summed E-state index contributed by atoms with van der Waals surface area (Å²) in [5.74, 6) is 0. The molecule has 0 spiro atoms. The molecule has 0 saturated carbocycles. The standard InChI is InChI=1S/C9H15N3OS/c1-9(2-4-10-5-3-9)13-7-8-6-11-12-14-8/h6,10H,2-5,7H2,1H3. The highest BCUT2D eigenvalue weighted by molar-refractivity contribution is 7.05. The maximum atomic E-state index is 5.91. The Bertz CT molecular complexity index is 270. The van der Waals surface area contributed by atoms with E-state index in [-0.39, 0.29) is 5.60 Å². The molecule has 1 aromatic heterocycles. The van der Waals surface area contributed by atoms with E-state index in [9.17, 15) is 0 Å². The van der Waals surface area contributed by atoms with Crippen LogP contribution in [-0.2, 0) is 11.3 Å². The molecule has 1 N–H and O–H groups in total. The molecule has 1 aliphatic rings. The Hall–Kier alpha value is -0.520. The lowest BCUT2D eigenvalue weighted by molar-refractivity contribution is -0.0611. The van der Waals surface area contributed by atoms with Crippen molar-refractivity contribution in [3.05, 3.63) is 11.1 Å². The molecule has 0 aliphatic carbocycles. The summed E-state index contributed by atoms with van der Waals surface area (Å²) >= 11 is 1.41. The number of ether oxygens (including phenoxy) is 1. The lowest BCUT2D eigenvalue weighted by atomic mass is 9.95. The second-order valence-electron chi connectivity index (χ2n) is 3.87. The Morgan fingerprint density at radius 1 is 1.57 bits per heavy atom. The van der Waals surface area contributed by atoms with Crippen molar-refractivity contribution in [1.82, 2.24) is 14.9 Å². The zero-order valence-electron chi connectivity index (χ0n) is 8.32. The van der Waals surface area contributed by atoms with Gasteiger partial charge >= 0.3 is 0 Å². The average Bonchev–Trinajstić information content (AvgIpc) is 2.69. The van der Waals surface area contributed by atoms with Crippen LogP contribution in [0.4, 0.5) is 0 Å². The first-order valence-corrected chi connectivity index (χ1v) is 5.67. The average molecular weight is 213 g/mol. The Morgan fingerprint density at radius 2 is 2.36 bits per heavy atom. The van der Waals surface area contributed by atoms with Crippen LogP contribution in [0.25, 0.3) is 0 Å². The Kier molecular flexibility index (Phi) is 3.10. The van der Waals surface area contributed by atoms with Gasteiger partial charge in [0.05, 0.1) is 23.3 Å². The number of hydrogen-bond donors (Lipinski definition) is 1. The van der Waals surface area contributed by atoms with Gasteiger partial charge in [0.1, 0.15) is 0 Å². The fourth-order valence-corrected chi connectivity index (χ4v) is 2.00. The van der Waals surface area contributed by atoms with Gasteiger partial charge in [0.15, 0.2) is 0 Å². The van der Waals surface area contributed by atoms with Gasteiger partial charge in [-0.2, -0.15) is 0 Å². The molecular formula is C9H15N3OS. The van der Waals surface area contributed by atoms with Crippen LogP contribution in [0.5, 0.6) is 0 Å². The molecule has 1 fully saturated rings. The normalized spacial score (nSPS) is 20.9. The summed E-state index contributed by atoms with van der Waals surface area (Å²) in [7, 11) is 0. The molecular weight excluding hydrogens is 198 g/mol. The summed E-state index contributed by atoms with van der Waals surface area (Å²) in [6, 6.07) is 0. The molecule has 0 aromatic carbocycles. The summed E-state index contributed by atoms with van der Waals surface area (Å²) in [4.78, 5) is 1.10. The van der Waals surface area contributed by atoms with Gasteiger partial charge in [0.25, 0.3) is 0 Å². The van der Waals surface area contributed by atoms with Crippen LogP contribution in [0.2, 0.25) is 0 Å². The fraction of sp³-hybridized carbons (Fsp3) is 0.778. The Morgan fingerprint density at radius 3 is 3.00 bits per heavy atom. The number of aromatic nitrogens is 2. The lowest BCUT2D eigenvalue weighted by Crippen LogP contribution is -2.41. The third-order valence-corrected chi connectivity index (χ3v) is 3.26. The van der Waals surface area contributed by atoms with E-state index >= 15 is 0 Å². The first-order chi connectivity index (χ1) is 6.79. The monoisotopic (exact) mass is 213 g/mol. The van der Waals surface area contributed by atoms with Gasteiger partial charge in [-0.05, 0) is 44.4 Å². The van der Waals surface area contributed by atoms with Gasteiger partial charge in [0.2, 0.25) is 0 Å². The van der Waals surface area contributed by atoms with Gasteiger partial charge in [-0.3, -0.25) is 0 Å². The molecule has 2 rings (SSSR count). The summed E-state index contributed by atoms with van der Waals surface area (Å²) in [6.07, 6.45) is 3.94. The molecule has 0 amide bonds. The summed E-state index contributed by atoms with van der Waals surface area (Å²) in [5, 5.41) is 7.12. The summed E-state index contributed by atoms with van der Waals surface area (Å²) < 4.78 is 9.71. The smallest absolute Gasteiger partial charge is 0.0849 e. The Balaban J connectivity index is 1.84. The quantitative estimate of drug-likeness (QED) is 0.819. The zero-order valence-corrected chi connectivity index (χ0v) is 9.14. The molecule has 4 nitrogen and oxygen atoms in total. The van der Waals surface area contributed by atoms with Crippen LogP contribution in [0.1, 0.15) is 24.6 Å². The maximum absolute atomic E-state index is 5.91. The van der Waals surface area contributed by atoms with Gasteiger partial charge in [-0.15, -0.1) is 5.10 Å². The van der Waals surface area contributed by atoms with Crippen LogP contribution >= 0.6 is 11.5 Å². The highest BCUT2D eigenvalue weighted by Gasteiger charge is 2.27. The van der Waals surface area contributed by atoms with Gasteiger partial charge in [-0.1, -0.05) is 4.49 Å². The highest BCUT2D eigenvalue weighted by atomic mass is 32.1. The van der Waals surface area contributed by atoms with E-state index < -0.39 is 0 Å². The second kappa shape index (κ2) is 4.33. The predicted molar refractivity (Wildman–Crippen MR) is 55.2 cm³/mol. The van der Waals surface area contributed by atoms with E-state index in [4.69, 9.17) is 4.74 Å². The molecule has 1 aromatic rings. The minimum absolute atomic E-state index is 0.0369. The molecule has 5 heteroatoms. The largest absolute Gasteiger partial charge is 0.370 e. The number of rotatable bonds is 3. The van der Waals surface area contributed by atoms with E-state index in [2.05, 4.69) is 21.8 Å². The first kappa shape index (κ1) is 10.0. The molecule has 0 atom stereocenters. The topological polar surface area (TPSA) is 47.0 Å². The summed E-state index contributed by atoms with van der Waals surface area (Å²) in [5.41, 5.74) is 0.0369. The maximum Gasteiger partial charge on any atom is 0.0849 e. The molecule has 14 heavy (non-hydrogen) atoms. The molecule has 0 bridgehead atoms. The number of nitrogens with zero attached hydrogens (tertiary/aromatic N) is 2. The molecule has 1 aliphatic heterocycles. The number of hydrogen-bond acceptors (Lipinski definition) is 5. The molecule has 0 unspecified atom stereocenters. The van der Waals surface area contributed by atoms with Crippen molar-refractivity contribution >= 4 is 11.5 Å². The van der Waals surface area contributed by atoms with E-state index in [1.54, 1.807) is 6.20 Å². The van der Waals surface area contributed by atoms with E-state index in [1.165, 1.54) is 11.5 Å². The highest BCUT2D eigenvalue weighted by Crippen LogP contribution is 2.23. The Labute approximate surface area is 87.8 Å². The minimum Gasteiger partial charge on any atom is -0.370 e. The van der Waals surface area contributed by atoms with Gasteiger partial charge in [-0.25, -0.2) is 0 Å². The molecule has 2 heterocycles. The summed E-state index contributed by atoms with van der Waals surface area (Å²) in [6.45, 7) is 4.94. The van der Waals surface area contributed by atoms with E-state index in [0.29, 0.717) is 6.61 Å². The SMILES string of the molecule is CC1(OCc2cnns2)CCNCC1. The number of piperidine rings is 1. The molecule has 78 valence electrons. The van der Waals surface area contributed by atoms with Gasteiger partial charge < -0.3 is 10.1 Å². The first-order valence-electron chi connectivity index (χ1n) is 4.89. The third-order valence-electron chi connectivity index (χ3n) is 2.63. The minimum atomic E-state index is 0.0369. The lowest BCUT2D eigenvalue weighted by Gasteiger charge is -2.33. The van der Waals surface area contributed by atoms with Crippen LogP contribution < -0.4 is 5.32 Å². The third kappa shape index (κ3) is 2.50. The van der Waals surface area contributed by atoms with E-state index in [0.717, 1.165) is 30.8 Å². The van der Waals surface area contributed by atoms with Crippen molar-refractivity contribution in [2.45, 2.75) is 32.0 Å². The second-order valence-corrected chi connectivity index (χ2v) is 4.74. The fourth-order valence-electron chi connectivity index (χ4n) is 1.60. The van der Waals surface area contributed by atoms with Crippen molar-refractivity contribution in [3.8, 4) is 0 Å².